The summed E-state index contributed by atoms with van der Waals surface area (Å²) in [6.07, 6.45) is 3.00. The first kappa shape index (κ1) is 19.0. The number of H-pyrrole nitrogens is 1. The molecule has 7 heteroatoms. The van der Waals surface area contributed by atoms with Crippen LogP contribution >= 0.6 is 34.5 Å². The molecule has 0 fully saturated rings. The highest BCUT2D eigenvalue weighted by molar-refractivity contribution is 7.13. The Balaban J connectivity index is 1.35. The van der Waals surface area contributed by atoms with Crippen LogP contribution in [-0.2, 0) is 17.6 Å². The molecule has 4 nitrogen and oxygen atoms in total. The number of carbonyl (C=O) groups is 1. The van der Waals surface area contributed by atoms with Crippen molar-refractivity contribution in [3.63, 3.8) is 0 Å². The van der Waals surface area contributed by atoms with Gasteiger partial charge in [0.05, 0.1) is 22.2 Å². The molecule has 2 heterocycles. The van der Waals surface area contributed by atoms with Gasteiger partial charge in [0.2, 0.25) is 5.91 Å². The number of nitrogens with zero attached hydrogens (tertiary/aromatic N) is 1. The summed E-state index contributed by atoms with van der Waals surface area (Å²) in [5.41, 5.74) is 3.72. The number of amides is 1. The number of carbonyl (C=O) groups excluding carboxylic acids is 1. The molecule has 1 amide bonds. The molecule has 0 bridgehead atoms. The molecular formula is C21H17Cl2N3OS. The number of thiazole rings is 1. The van der Waals surface area contributed by atoms with Crippen LogP contribution in [0.3, 0.4) is 0 Å². The minimum Gasteiger partial charge on any atom is -0.361 e. The van der Waals surface area contributed by atoms with Gasteiger partial charge in [0, 0.05) is 34.6 Å². The molecule has 2 N–H and O–H groups in total. The normalized spacial score (nSPS) is 11.1. The second kappa shape index (κ2) is 8.35. The van der Waals surface area contributed by atoms with Crippen LogP contribution in [0.4, 0.5) is 0 Å². The number of para-hydroxylation sites is 1. The van der Waals surface area contributed by atoms with E-state index in [9.17, 15) is 4.79 Å². The Morgan fingerprint density at radius 1 is 1.11 bits per heavy atom. The number of halogens is 2. The Bertz CT molecular complexity index is 1120. The molecule has 0 radical (unpaired) electrons. The molecule has 2 aromatic carbocycles. The fraction of sp³-hybridized carbons (Fsp3) is 0.143. The molecule has 28 heavy (non-hydrogen) atoms. The highest BCUT2D eigenvalue weighted by Gasteiger charge is 2.14. The van der Waals surface area contributed by atoms with E-state index in [0.29, 0.717) is 27.8 Å². The molecule has 142 valence electrons. The number of hydrogen-bond acceptors (Lipinski definition) is 3. The van der Waals surface area contributed by atoms with E-state index in [1.165, 1.54) is 22.3 Å². The summed E-state index contributed by atoms with van der Waals surface area (Å²) < 4.78 is 0. The van der Waals surface area contributed by atoms with E-state index >= 15 is 0 Å². The SMILES string of the molecule is O=C(Cc1csc(-c2c(Cl)cccc2Cl)n1)NCCc1c[nH]c2ccccc12. The molecule has 0 aliphatic rings. The summed E-state index contributed by atoms with van der Waals surface area (Å²) in [4.78, 5) is 20.1. The maximum Gasteiger partial charge on any atom is 0.226 e. The Morgan fingerprint density at radius 2 is 1.89 bits per heavy atom. The summed E-state index contributed by atoms with van der Waals surface area (Å²) >= 11 is 13.9. The second-order valence-electron chi connectivity index (χ2n) is 6.38. The molecule has 0 aliphatic carbocycles. The van der Waals surface area contributed by atoms with Gasteiger partial charge in [0.1, 0.15) is 5.01 Å². The lowest BCUT2D eigenvalue weighted by molar-refractivity contribution is -0.120. The lowest BCUT2D eigenvalue weighted by Crippen LogP contribution is -2.27. The lowest BCUT2D eigenvalue weighted by Gasteiger charge is -2.04. The number of hydrogen-bond donors (Lipinski definition) is 2. The van der Waals surface area contributed by atoms with Crippen LogP contribution in [-0.4, -0.2) is 22.4 Å². The summed E-state index contributed by atoms with van der Waals surface area (Å²) in [7, 11) is 0. The number of aromatic nitrogens is 2. The average molecular weight is 430 g/mol. The first-order chi connectivity index (χ1) is 13.6. The molecule has 0 saturated heterocycles. The largest absolute Gasteiger partial charge is 0.361 e. The quantitative estimate of drug-likeness (QED) is 0.425. The summed E-state index contributed by atoms with van der Waals surface area (Å²) in [5, 5.41) is 7.85. The van der Waals surface area contributed by atoms with Crippen LogP contribution in [0.2, 0.25) is 10.0 Å². The van der Waals surface area contributed by atoms with Crippen molar-refractivity contribution in [2.45, 2.75) is 12.8 Å². The fourth-order valence-electron chi connectivity index (χ4n) is 3.11. The van der Waals surface area contributed by atoms with E-state index in [1.54, 1.807) is 18.2 Å². The van der Waals surface area contributed by atoms with E-state index in [0.717, 1.165) is 16.9 Å². The molecule has 0 atom stereocenters. The van der Waals surface area contributed by atoms with Crippen molar-refractivity contribution in [1.82, 2.24) is 15.3 Å². The molecule has 4 rings (SSSR count). The molecular weight excluding hydrogens is 413 g/mol. The molecule has 0 aliphatic heterocycles. The van der Waals surface area contributed by atoms with Gasteiger partial charge in [-0.15, -0.1) is 11.3 Å². The predicted molar refractivity (Wildman–Crippen MR) is 116 cm³/mol. The van der Waals surface area contributed by atoms with Crippen molar-refractivity contribution >= 4 is 51.3 Å². The van der Waals surface area contributed by atoms with Gasteiger partial charge in [-0.3, -0.25) is 4.79 Å². The molecule has 0 saturated carbocycles. The summed E-state index contributed by atoms with van der Waals surface area (Å²) in [6.45, 7) is 0.577. The standard InChI is InChI=1S/C21H17Cl2N3OS/c22-16-5-3-6-17(23)20(16)21-26-14(12-28-21)10-19(27)24-9-8-13-11-25-18-7-2-1-4-15(13)18/h1-7,11-12,25H,8-10H2,(H,24,27). The van der Waals surface area contributed by atoms with Crippen molar-refractivity contribution in [2.24, 2.45) is 0 Å². The predicted octanol–water partition coefficient (Wildman–Crippen LogP) is 5.50. The second-order valence-corrected chi connectivity index (χ2v) is 8.05. The van der Waals surface area contributed by atoms with Crippen LogP contribution in [0.15, 0.2) is 54.0 Å². The van der Waals surface area contributed by atoms with Gasteiger partial charge in [-0.2, -0.15) is 0 Å². The minimum absolute atomic E-state index is 0.0538. The van der Waals surface area contributed by atoms with Gasteiger partial charge >= 0.3 is 0 Å². The minimum atomic E-state index is -0.0538. The van der Waals surface area contributed by atoms with Gasteiger partial charge in [0.15, 0.2) is 0 Å². The average Bonchev–Trinajstić information content (AvgIpc) is 3.29. The zero-order valence-electron chi connectivity index (χ0n) is 14.8. The number of rotatable bonds is 6. The van der Waals surface area contributed by atoms with Crippen LogP contribution in [0.1, 0.15) is 11.3 Å². The van der Waals surface area contributed by atoms with E-state index in [1.807, 2.05) is 29.8 Å². The smallest absolute Gasteiger partial charge is 0.226 e. The van der Waals surface area contributed by atoms with Gasteiger partial charge in [-0.1, -0.05) is 47.5 Å². The van der Waals surface area contributed by atoms with Gasteiger partial charge in [-0.25, -0.2) is 4.98 Å². The Morgan fingerprint density at radius 3 is 2.71 bits per heavy atom. The van der Waals surface area contributed by atoms with Crippen molar-refractivity contribution in [1.29, 1.82) is 0 Å². The molecule has 4 aromatic rings. The zero-order chi connectivity index (χ0) is 19.5. The molecule has 0 spiro atoms. The van der Waals surface area contributed by atoms with Gasteiger partial charge in [-0.05, 0) is 30.2 Å². The number of aromatic amines is 1. The fourth-order valence-corrected chi connectivity index (χ4v) is 4.69. The first-order valence-electron chi connectivity index (χ1n) is 8.82. The Hall–Kier alpha value is -2.34. The van der Waals surface area contributed by atoms with Crippen molar-refractivity contribution in [2.75, 3.05) is 6.54 Å². The third kappa shape index (κ3) is 4.07. The third-order valence-corrected chi connectivity index (χ3v) is 6.00. The van der Waals surface area contributed by atoms with Crippen molar-refractivity contribution in [3.8, 4) is 10.6 Å². The Labute approximate surface area is 176 Å². The number of nitrogens with one attached hydrogen (secondary N) is 2. The first-order valence-corrected chi connectivity index (χ1v) is 10.5. The van der Waals surface area contributed by atoms with Crippen LogP contribution in [0.5, 0.6) is 0 Å². The third-order valence-electron chi connectivity index (χ3n) is 4.46. The van der Waals surface area contributed by atoms with E-state index in [-0.39, 0.29) is 12.3 Å². The molecule has 2 aromatic heterocycles. The van der Waals surface area contributed by atoms with Gasteiger partial charge < -0.3 is 10.3 Å². The topological polar surface area (TPSA) is 57.8 Å². The van der Waals surface area contributed by atoms with Crippen molar-refractivity contribution in [3.05, 3.63) is 75.3 Å². The number of benzene rings is 2. The van der Waals surface area contributed by atoms with E-state index in [2.05, 4.69) is 21.4 Å². The summed E-state index contributed by atoms with van der Waals surface area (Å²) in [5.74, 6) is -0.0538. The van der Waals surface area contributed by atoms with Crippen LogP contribution in [0, 0.1) is 0 Å². The highest BCUT2D eigenvalue weighted by atomic mass is 35.5. The Kier molecular flexibility index (Phi) is 5.67. The highest BCUT2D eigenvalue weighted by Crippen LogP contribution is 2.36. The lowest BCUT2D eigenvalue weighted by atomic mass is 10.1. The van der Waals surface area contributed by atoms with E-state index in [4.69, 9.17) is 23.2 Å². The van der Waals surface area contributed by atoms with Crippen LogP contribution in [0.25, 0.3) is 21.5 Å². The van der Waals surface area contributed by atoms with Crippen molar-refractivity contribution < 1.29 is 4.79 Å². The number of fused-ring (bicyclic) bond motifs is 1. The zero-order valence-corrected chi connectivity index (χ0v) is 17.2. The van der Waals surface area contributed by atoms with Crippen LogP contribution < -0.4 is 5.32 Å². The maximum atomic E-state index is 12.3. The van der Waals surface area contributed by atoms with Gasteiger partial charge in [0.25, 0.3) is 0 Å². The monoisotopic (exact) mass is 429 g/mol. The maximum absolute atomic E-state index is 12.3. The molecule has 0 unspecified atom stereocenters. The summed E-state index contributed by atoms with van der Waals surface area (Å²) in [6, 6.07) is 13.5. The van der Waals surface area contributed by atoms with E-state index < -0.39 is 0 Å².